The van der Waals surface area contributed by atoms with Gasteiger partial charge in [0.1, 0.15) is 11.9 Å². The number of hydrogen-bond acceptors (Lipinski definition) is 3. The second-order valence-electron chi connectivity index (χ2n) is 5.50. The van der Waals surface area contributed by atoms with Gasteiger partial charge in [-0.05, 0) is 44.4 Å². The zero-order valence-electron chi connectivity index (χ0n) is 12.5. The van der Waals surface area contributed by atoms with Gasteiger partial charge in [0, 0.05) is 12.8 Å². The first-order valence-corrected chi connectivity index (χ1v) is 7.27. The molecule has 1 aromatic carbocycles. The summed E-state index contributed by atoms with van der Waals surface area (Å²) in [4.78, 5) is 24.6. The summed E-state index contributed by atoms with van der Waals surface area (Å²) >= 11 is 0. The molecule has 1 aromatic rings. The molecule has 1 N–H and O–H groups in total. The Morgan fingerprint density at radius 2 is 2.05 bits per heavy atom. The van der Waals surface area contributed by atoms with Crippen LogP contribution in [0.25, 0.3) is 0 Å². The summed E-state index contributed by atoms with van der Waals surface area (Å²) in [5, 5.41) is 8.61. The number of nitrogens with zero attached hydrogens (tertiary/aromatic N) is 1. The number of benzene rings is 1. The van der Waals surface area contributed by atoms with Gasteiger partial charge >= 0.3 is 5.97 Å². The second kappa shape index (κ2) is 6.61. The maximum absolute atomic E-state index is 12.4. The Morgan fingerprint density at radius 3 is 2.76 bits per heavy atom. The maximum Gasteiger partial charge on any atom is 0.303 e. The van der Waals surface area contributed by atoms with E-state index in [9.17, 15) is 9.59 Å². The van der Waals surface area contributed by atoms with Gasteiger partial charge in [0.25, 0.3) is 0 Å². The first-order valence-electron chi connectivity index (χ1n) is 7.27. The minimum Gasteiger partial charge on any atom is -0.487 e. The second-order valence-corrected chi connectivity index (χ2v) is 5.50. The molecule has 2 rings (SSSR count). The molecule has 1 amide bonds. The summed E-state index contributed by atoms with van der Waals surface area (Å²) in [5.41, 5.74) is 1.90. The van der Waals surface area contributed by atoms with Gasteiger partial charge in [-0.15, -0.1) is 0 Å². The normalized spacial score (nSPS) is 17.0. The molecule has 0 bridgehead atoms. The summed E-state index contributed by atoms with van der Waals surface area (Å²) < 4.78 is 5.78. The predicted octanol–water partition coefficient (Wildman–Crippen LogP) is 2.75. The van der Waals surface area contributed by atoms with Crippen molar-refractivity contribution in [1.82, 2.24) is 0 Å². The Kier molecular flexibility index (Phi) is 4.83. The first-order chi connectivity index (χ1) is 9.97. The van der Waals surface area contributed by atoms with E-state index in [0.29, 0.717) is 25.8 Å². The summed E-state index contributed by atoms with van der Waals surface area (Å²) in [7, 11) is 0. The lowest BCUT2D eigenvalue weighted by molar-refractivity contribution is -0.137. The Labute approximate surface area is 124 Å². The van der Waals surface area contributed by atoms with Crippen molar-refractivity contribution < 1.29 is 19.4 Å². The van der Waals surface area contributed by atoms with Gasteiger partial charge in [0.2, 0.25) is 5.91 Å². The molecular weight excluding hydrogens is 270 g/mol. The van der Waals surface area contributed by atoms with E-state index < -0.39 is 5.97 Å². The van der Waals surface area contributed by atoms with Crippen LogP contribution < -0.4 is 9.64 Å². The van der Waals surface area contributed by atoms with E-state index in [4.69, 9.17) is 9.84 Å². The number of carbonyl (C=O) groups excluding carboxylic acids is 1. The van der Waals surface area contributed by atoms with Crippen molar-refractivity contribution in [3.8, 4) is 5.75 Å². The summed E-state index contributed by atoms with van der Waals surface area (Å²) in [6.45, 7) is 4.46. The average Bonchev–Trinajstić information content (AvgIpc) is 2.41. The lowest BCUT2D eigenvalue weighted by Gasteiger charge is -2.33. The molecule has 0 saturated heterocycles. The Morgan fingerprint density at radius 1 is 1.33 bits per heavy atom. The zero-order valence-corrected chi connectivity index (χ0v) is 12.5. The molecule has 1 aliphatic heterocycles. The largest absolute Gasteiger partial charge is 0.487 e. The lowest BCUT2D eigenvalue weighted by Crippen LogP contribution is -2.42. The highest BCUT2D eigenvalue weighted by molar-refractivity contribution is 5.95. The molecule has 1 atom stereocenters. The third kappa shape index (κ3) is 3.97. The molecule has 0 aliphatic carbocycles. The SMILES string of the molecule is Cc1ccc2c(c1)OC(C)CN2C(=O)CCCCC(=O)O. The monoisotopic (exact) mass is 291 g/mol. The van der Waals surface area contributed by atoms with Crippen LogP contribution in [0.5, 0.6) is 5.75 Å². The van der Waals surface area contributed by atoms with Crippen LogP contribution in [-0.2, 0) is 9.59 Å². The van der Waals surface area contributed by atoms with Crippen molar-refractivity contribution in [3.63, 3.8) is 0 Å². The van der Waals surface area contributed by atoms with Crippen LogP contribution >= 0.6 is 0 Å². The standard InChI is InChI=1S/C16H21NO4/c1-11-7-8-13-14(9-11)21-12(2)10-17(13)15(18)5-3-4-6-16(19)20/h7-9,12H,3-6,10H2,1-2H3,(H,19,20). The summed E-state index contributed by atoms with van der Waals surface area (Å²) in [6.07, 6.45) is 1.57. The smallest absolute Gasteiger partial charge is 0.303 e. The molecule has 0 aromatic heterocycles. The van der Waals surface area contributed by atoms with E-state index in [-0.39, 0.29) is 18.4 Å². The van der Waals surface area contributed by atoms with Gasteiger partial charge in [-0.25, -0.2) is 0 Å². The van der Waals surface area contributed by atoms with Crippen LogP contribution in [0.4, 0.5) is 5.69 Å². The number of hydrogen-bond donors (Lipinski definition) is 1. The molecule has 21 heavy (non-hydrogen) atoms. The van der Waals surface area contributed by atoms with Gasteiger partial charge in [-0.1, -0.05) is 6.07 Å². The van der Waals surface area contributed by atoms with Crippen LogP contribution in [0.1, 0.15) is 38.2 Å². The molecule has 1 aliphatic rings. The van der Waals surface area contributed by atoms with Gasteiger partial charge in [-0.3, -0.25) is 9.59 Å². The molecule has 0 fully saturated rings. The molecule has 5 heteroatoms. The van der Waals surface area contributed by atoms with E-state index in [0.717, 1.165) is 17.0 Å². The molecular formula is C16H21NO4. The van der Waals surface area contributed by atoms with Crippen molar-refractivity contribution in [2.24, 2.45) is 0 Å². The highest BCUT2D eigenvalue weighted by Gasteiger charge is 2.27. The number of anilines is 1. The van der Waals surface area contributed by atoms with E-state index >= 15 is 0 Å². The van der Waals surface area contributed by atoms with E-state index in [2.05, 4.69) is 0 Å². The Bertz CT molecular complexity index is 541. The van der Waals surface area contributed by atoms with Crippen LogP contribution in [0.3, 0.4) is 0 Å². The molecule has 0 saturated carbocycles. The number of carboxylic acids is 1. The predicted molar refractivity (Wildman–Crippen MR) is 79.7 cm³/mol. The molecule has 1 heterocycles. The molecule has 0 radical (unpaired) electrons. The number of unbranched alkanes of at least 4 members (excludes halogenated alkanes) is 1. The van der Waals surface area contributed by atoms with E-state index in [1.807, 2.05) is 32.0 Å². The van der Waals surface area contributed by atoms with E-state index in [1.54, 1.807) is 4.90 Å². The van der Waals surface area contributed by atoms with Crippen molar-refractivity contribution in [3.05, 3.63) is 23.8 Å². The third-order valence-corrected chi connectivity index (χ3v) is 3.51. The molecule has 5 nitrogen and oxygen atoms in total. The fourth-order valence-electron chi connectivity index (χ4n) is 2.47. The Hall–Kier alpha value is -2.04. The number of aliphatic carboxylic acids is 1. The van der Waals surface area contributed by atoms with Gasteiger partial charge in [-0.2, -0.15) is 0 Å². The van der Waals surface area contributed by atoms with Crippen molar-refractivity contribution >= 4 is 17.6 Å². The molecule has 1 unspecified atom stereocenters. The number of ether oxygens (including phenoxy) is 1. The fraction of sp³-hybridized carbons (Fsp3) is 0.500. The number of aryl methyl sites for hydroxylation is 1. The van der Waals surface area contributed by atoms with Gasteiger partial charge in [0.15, 0.2) is 0 Å². The number of carbonyl (C=O) groups is 2. The number of amides is 1. The van der Waals surface area contributed by atoms with Crippen LogP contribution in [-0.4, -0.2) is 29.6 Å². The van der Waals surface area contributed by atoms with Gasteiger partial charge < -0.3 is 14.7 Å². The number of fused-ring (bicyclic) bond motifs is 1. The van der Waals surface area contributed by atoms with Crippen molar-refractivity contribution in [2.75, 3.05) is 11.4 Å². The van der Waals surface area contributed by atoms with Gasteiger partial charge in [0.05, 0.1) is 12.2 Å². The number of carboxylic acid groups (broad SMARTS) is 1. The van der Waals surface area contributed by atoms with Crippen molar-refractivity contribution in [2.45, 2.75) is 45.6 Å². The highest BCUT2D eigenvalue weighted by atomic mass is 16.5. The maximum atomic E-state index is 12.4. The minimum atomic E-state index is -0.816. The Balaban J connectivity index is 2.03. The summed E-state index contributed by atoms with van der Waals surface area (Å²) in [5.74, 6) is -0.0449. The molecule has 0 spiro atoms. The topological polar surface area (TPSA) is 66.8 Å². The summed E-state index contributed by atoms with van der Waals surface area (Å²) in [6, 6.07) is 5.81. The lowest BCUT2D eigenvalue weighted by atomic mass is 10.1. The van der Waals surface area contributed by atoms with Crippen LogP contribution in [0.15, 0.2) is 18.2 Å². The minimum absolute atomic E-state index is 0.0284. The van der Waals surface area contributed by atoms with Crippen LogP contribution in [0, 0.1) is 6.92 Å². The first kappa shape index (κ1) is 15.4. The average molecular weight is 291 g/mol. The van der Waals surface area contributed by atoms with Crippen molar-refractivity contribution in [1.29, 1.82) is 0 Å². The van der Waals surface area contributed by atoms with E-state index in [1.165, 1.54) is 0 Å². The van der Waals surface area contributed by atoms with Crippen LogP contribution in [0.2, 0.25) is 0 Å². The number of rotatable bonds is 5. The third-order valence-electron chi connectivity index (χ3n) is 3.51. The molecule has 114 valence electrons. The highest BCUT2D eigenvalue weighted by Crippen LogP contribution is 2.34. The fourth-order valence-corrected chi connectivity index (χ4v) is 2.47. The zero-order chi connectivity index (χ0) is 15.4. The quantitative estimate of drug-likeness (QED) is 0.847.